The van der Waals surface area contributed by atoms with E-state index in [0.717, 1.165) is 21.8 Å². The second kappa shape index (κ2) is 5.93. The van der Waals surface area contributed by atoms with Gasteiger partial charge in [-0.2, -0.15) is 11.8 Å². The Morgan fingerprint density at radius 3 is 3.00 bits per heavy atom. The molecule has 0 spiro atoms. The lowest BCUT2D eigenvalue weighted by molar-refractivity contribution is 0.516. The monoisotopic (exact) mass is 279 g/mol. The highest BCUT2D eigenvalue weighted by Gasteiger charge is 2.14. The van der Waals surface area contributed by atoms with Gasteiger partial charge in [-0.25, -0.2) is 4.98 Å². The maximum Gasteiger partial charge on any atom is 0.162 e. The van der Waals surface area contributed by atoms with E-state index in [-0.39, 0.29) is 0 Å². The van der Waals surface area contributed by atoms with Gasteiger partial charge in [0.2, 0.25) is 0 Å². The van der Waals surface area contributed by atoms with Crippen molar-refractivity contribution in [1.29, 1.82) is 0 Å². The minimum absolute atomic E-state index is 0.854. The number of nitrogens with zero attached hydrogens (tertiary/aromatic N) is 1. The van der Waals surface area contributed by atoms with E-state index in [1.165, 1.54) is 37.8 Å². The molecule has 96 valence electrons. The second-order valence-electron chi connectivity index (χ2n) is 4.69. The zero-order valence-corrected chi connectivity index (χ0v) is 11.9. The highest BCUT2D eigenvalue weighted by molar-refractivity contribution is 7.99. The zero-order valence-electron chi connectivity index (χ0n) is 10.3. The summed E-state index contributed by atoms with van der Waals surface area (Å²) in [6.45, 7) is 0. The number of aromatic nitrogens is 1. The molecule has 1 saturated carbocycles. The van der Waals surface area contributed by atoms with Crippen LogP contribution in [-0.4, -0.2) is 10.2 Å². The van der Waals surface area contributed by atoms with Crippen molar-refractivity contribution in [3.63, 3.8) is 0 Å². The molecule has 0 N–H and O–H groups in total. The number of thiazole rings is 1. The van der Waals surface area contributed by atoms with Crippen LogP contribution in [-0.2, 0) is 5.75 Å². The average Bonchev–Trinajstić information content (AvgIpc) is 3.08. The van der Waals surface area contributed by atoms with Crippen molar-refractivity contribution in [3.8, 4) is 10.8 Å². The summed E-state index contributed by atoms with van der Waals surface area (Å²) in [4.78, 5) is 4.64. The van der Waals surface area contributed by atoms with Gasteiger partial charge in [0.15, 0.2) is 10.8 Å². The van der Waals surface area contributed by atoms with E-state index in [2.05, 4.69) is 22.1 Å². The molecular formula is C14H17NOS2. The van der Waals surface area contributed by atoms with E-state index in [1.807, 2.05) is 12.1 Å². The zero-order chi connectivity index (χ0) is 12.2. The fraction of sp³-hybridized carbons (Fsp3) is 0.500. The van der Waals surface area contributed by atoms with Gasteiger partial charge in [0, 0.05) is 16.4 Å². The largest absolute Gasteiger partial charge is 0.462 e. The summed E-state index contributed by atoms with van der Waals surface area (Å²) >= 11 is 3.75. The van der Waals surface area contributed by atoms with Gasteiger partial charge in [-0.1, -0.05) is 19.3 Å². The number of thioether (sulfide) groups is 1. The third-order valence-corrected chi connectivity index (χ3v) is 5.61. The summed E-state index contributed by atoms with van der Waals surface area (Å²) in [6, 6.07) is 3.88. The Morgan fingerprint density at radius 1 is 1.33 bits per heavy atom. The third-order valence-electron chi connectivity index (χ3n) is 3.30. The Morgan fingerprint density at radius 2 is 2.22 bits per heavy atom. The Kier molecular flexibility index (Phi) is 4.06. The van der Waals surface area contributed by atoms with Gasteiger partial charge in [-0.15, -0.1) is 11.3 Å². The first kappa shape index (κ1) is 12.3. The number of hydrogen-bond acceptors (Lipinski definition) is 4. The molecule has 0 atom stereocenters. The second-order valence-corrected chi connectivity index (χ2v) is 6.84. The fourth-order valence-electron chi connectivity index (χ4n) is 2.32. The molecule has 4 heteroatoms. The molecule has 0 radical (unpaired) electrons. The van der Waals surface area contributed by atoms with Crippen LogP contribution in [0.15, 0.2) is 28.2 Å². The SMILES string of the molecule is c1coc(-c2nc(CSC3CCCCC3)cs2)c1. The van der Waals surface area contributed by atoms with Gasteiger partial charge in [-0.05, 0) is 25.0 Å². The first-order valence-electron chi connectivity index (χ1n) is 6.52. The van der Waals surface area contributed by atoms with Gasteiger partial charge in [0.25, 0.3) is 0 Å². The summed E-state index contributed by atoms with van der Waals surface area (Å²) in [5.41, 5.74) is 1.20. The van der Waals surface area contributed by atoms with Crippen molar-refractivity contribution in [3.05, 3.63) is 29.5 Å². The molecule has 1 fully saturated rings. The molecule has 18 heavy (non-hydrogen) atoms. The predicted molar refractivity (Wildman–Crippen MR) is 78.0 cm³/mol. The van der Waals surface area contributed by atoms with Crippen LogP contribution in [0, 0.1) is 0 Å². The van der Waals surface area contributed by atoms with Crippen LogP contribution in [0.4, 0.5) is 0 Å². The normalized spacial score (nSPS) is 17.1. The molecule has 0 saturated heterocycles. The molecule has 0 amide bonds. The molecule has 2 aromatic rings. The van der Waals surface area contributed by atoms with Crippen LogP contribution in [0.1, 0.15) is 37.8 Å². The van der Waals surface area contributed by atoms with Crippen LogP contribution in [0.25, 0.3) is 10.8 Å². The van der Waals surface area contributed by atoms with Crippen molar-refractivity contribution in [2.45, 2.75) is 43.1 Å². The number of furan rings is 1. The molecular weight excluding hydrogens is 262 g/mol. The van der Waals surface area contributed by atoms with Gasteiger partial charge >= 0.3 is 0 Å². The summed E-state index contributed by atoms with van der Waals surface area (Å²) in [7, 11) is 0. The van der Waals surface area contributed by atoms with Gasteiger partial charge in [-0.3, -0.25) is 0 Å². The van der Waals surface area contributed by atoms with Crippen LogP contribution in [0.5, 0.6) is 0 Å². The van der Waals surface area contributed by atoms with Crippen LogP contribution in [0.2, 0.25) is 0 Å². The number of rotatable bonds is 4. The van der Waals surface area contributed by atoms with Gasteiger partial charge in [0.05, 0.1) is 12.0 Å². The minimum atomic E-state index is 0.854. The molecule has 0 unspecified atom stereocenters. The topological polar surface area (TPSA) is 26.0 Å². The average molecular weight is 279 g/mol. The lowest BCUT2D eigenvalue weighted by Gasteiger charge is -2.20. The van der Waals surface area contributed by atoms with Crippen LogP contribution < -0.4 is 0 Å². The third kappa shape index (κ3) is 2.98. The molecule has 2 aromatic heterocycles. The minimum Gasteiger partial charge on any atom is -0.462 e. The van der Waals surface area contributed by atoms with Crippen LogP contribution in [0.3, 0.4) is 0 Å². The lowest BCUT2D eigenvalue weighted by atomic mass is 10.0. The summed E-state index contributed by atoms with van der Waals surface area (Å²) in [5.74, 6) is 1.93. The molecule has 0 bridgehead atoms. The highest BCUT2D eigenvalue weighted by atomic mass is 32.2. The Balaban J connectivity index is 1.57. The summed E-state index contributed by atoms with van der Waals surface area (Å²) in [5, 5.41) is 4.01. The van der Waals surface area contributed by atoms with E-state index in [9.17, 15) is 0 Å². The lowest BCUT2D eigenvalue weighted by Crippen LogP contribution is -2.08. The van der Waals surface area contributed by atoms with Crippen molar-refractivity contribution in [2.24, 2.45) is 0 Å². The molecule has 3 rings (SSSR count). The fourth-order valence-corrected chi connectivity index (χ4v) is 4.43. The van der Waals surface area contributed by atoms with Crippen molar-refractivity contribution in [2.75, 3.05) is 0 Å². The predicted octanol–water partition coefficient (Wildman–Crippen LogP) is 4.97. The Bertz CT molecular complexity index is 472. The molecule has 2 heterocycles. The quantitative estimate of drug-likeness (QED) is 0.790. The molecule has 0 aliphatic heterocycles. The molecule has 1 aliphatic carbocycles. The van der Waals surface area contributed by atoms with Crippen molar-refractivity contribution in [1.82, 2.24) is 4.98 Å². The summed E-state index contributed by atoms with van der Waals surface area (Å²) < 4.78 is 5.37. The van der Waals surface area contributed by atoms with Crippen molar-refractivity contribution < 1.29 is 4.42 Å². The maximum atomic E-state index is 5.37. The molecule has 1 aliphatic rings. The maximum absolute atomic E-state index is 5.37. The Hall–Kier alpha value is -0.740. The van der Waals surface area contributed by atoms with Gasteiger partial charge in [0.1, 0.15) is 0 Å². The van der Waals surface area contributed by atoms with E-state index < -0.39 is 0 Å². The first-order chi connectivity index (χ1) is 8.92. The number of hydrogen-bond donors (Lipinski definition) is 0. The highest BCUT2D eigenvalue weighted by Crippen LogP contribution is 2.32. The van der Waals surface area contributed by atoms with Crippen LogP contribution >= 0.6 is 23.1 Å². The smallest absolute Gasteiger partial charge is 0.162 e. The standard InChI is InChI=1S/C14H17NOS2/c1-2-5-12(6-3-1)17-9-11-10-18-14(15-11)13-7-4-8-16-13/h4,7-8,10,12H,1-3,5-6,9H2. The van der Waals surface area contributed by atoms with E-state index in [1.54, 1.807) is 17.6 Å². The van der Waals surface area contributed by atoms with E-state index >= 15 is 0 Å². The molecule has 0 aromatic carbocycles. The summed E-state index contributed by atoms with van der Waals surface area (Å²) in [6.07, 6.45) is 8.72. The molecule has 2 nitrogen and oxygen atoms in total. The van der Waals surface area contributed by atoms with E-state index in [4.69, 9.17) is 4.42 Å². The van der Waals surface area contributed by atoms with Gasteiger partial charge < -0.3 is 4.42 Å². The Labute approximate surface area is 116 Å². The van der Waals surface area contributed by atoms with Crippen molar-refractivity contribution >= 4 is 23.1 Å². The van der Waals surface area contributed by atoms with E-state index in [0.29, 0.717) is 0 Å². The first-order valence-corrected chi connectivity index (χ1v) is 8.44.